The standard InChI is InChI=1S/C25H22N2O6/c1-33-18-8-4-15(5-9-18)16-11-21-19(22(28)12-16)13-20(25(32)27-21)24(31)26-17-6-2-14(3-7-17)10-23(29)30/h2-9,13,16H,10-12H2,1H3,(H,26,31)(H,27,32)(H,29,30). The van der Waals surface area contributed by atoms with Gasteiger partial charge in [-0.25, -0.2) is 0 Å². The predicted molar refractivity (Wildman–Crippen MR) is 121 cm³/mol. The van der Waals surface area contributed by atoms with Crippen molar-refractivity contribution < 1.29 is 24.2 Å². The van der Waals surface area contributed by atoms with Crippen LogP contribution in [0.2, 0.25) is 0 Å². The molecular formula is C25H22N2O6. The first-order valence-corrected chi connectivity index (χ1v) is 10.4. The molecule has 1 amide bonds. The van der Waals surface area contributed by atoms with Crippen molar-refractivity contribution in [3.8, 4) is 5.75 Å². The summed E-state index contributed by atoms with van der Waals surface area (Å²) in [6.45, 7) is 0. The van der Waals surface area contributed by atoms with Crippen LogP contribution in [0.15, 0.2) is 59.4 Å². The number of ketones is 1. The SMILES string of the molecule is COc1ccc(C2CC(=O)c3cc(C(=O)Nc4ccc(CC(=O)O)cc4)c(=O)[nH]c3C2)cc1. The maximum Gasteiger partial charge on any atom is 0.307 e. The first-order chi connectivity index (χ1) is 15.8. The zero-order chi connectivity index (χ0) is 23.5. The number of nitrogens with one attached hydrogen (secondary N) is 2. The van der Waals surface area contributed by atoms with Gasteiger partial charge in [0.15, 0.2) is 5.78 Å². The minimum atomic E-state index is -0.953. The second kappa shape index (κ2) is 9.12. The number of H-pyrrole nitrogens is 1. The largest absolute Gasteiger partial charge is 0.497 e. The number of carbonyl (C=O) groups excluding carboxylic acids is 2. The summed E-state index contributed by atoms with van der Waals surface area (Å²) < 4.78 is 5.17. The van der Waals surface area contributed by atoms with E-state index in [0.29, 0.717) is 28.9 Å². The van der Waals surface area contributed by atoms with E-state index in [9.17, 15) is 19.2 Å². The summed E-state index contributed by atoms with van der Waals surface area (Å²) in [5.41, 5.74) is 2.12. The van der Waals surface area contributed by atoms with E-state index in [-0.39, 0.29) is 30.1 Å². The summed E-state index contributed by atoms with van der Waals surface area (Å²) in [6.07, 6.45) is 0.630. The number of hydrogen-bond acceptors (Lipinski definition) is 5. The average molecular weight is 446 g/mol. The number of benzene rings is 2. The fraction of sp³-hybridized carbons (Fsp3) is 0.200. The minimum absolute atomic E-state index is 0.0736. The maximum absolute atomic E-state index is 12.8. The van der Waals surface area contributed by atoms with E-state index in [0.717, 1.165) is 11.3 Å². The molecule has 0 saturated carbocycles. The second-order valence-corrected chi connectivity index (χ2v) is 7.93. The number of carboxylic acids is 1. The van der Waals surface area contributed by atoms with E-state index in [2.05, 4.69) is 10.3 Å². The van der Waals surface area contributed by atoms with Crippen LogP contribution in [0.5, 0.6) is 5.75 Å². The highest BCUT2D eigenvalue weighted by Gasteiger charge is 2.29. The third-order valence-corrected chi connectivity index (χ3v) is 5.70. The Morgan fingerprint density at radius 3 is 2.39 bits per heavy atom. The predicted octanol–water partition coefficient (Wildman–Crippen LogP) is 3.18. The Kier molecular flexibility index (Phi) is 6.08. The zero-order valence-corrected chi connectivity index (χ0v) is 17.9. The van der Waals surface area contributed by atoms with Crippen molar-refractivity contribution in [1.29, 1.82) is 0 Å². The lowest BCUT2D eigenvalue weighted by Crippen LogP contribution is -2.29. The summed E-state index contributed by atoms with van der Waals surface area (Å²) in [5, 5.41) is 11.5. The quantitative estimate of drug-likeness (QED) is 0.534. The normalized spacial score (nSPS) is 14.9. The molecule has 4 rings (SSSR count). The molecule has 3 N–H and O–H groups in total. The minimum Gasteiger partial charge on any atom is -0.497 e. The Morgan fingerprint density at radius 1 is 1.06 bits per heavy atom. The van der Waals surface area contributed by atoms with Gasteiger partial charge < -0.3 is 20.1 Å². The number of anilines is 1. The van der Waals surface area contributed by atoms with Gasteiger partial charge in [-0.05, 0) is 53.8 Å². The topological polar surface area (TPSA) is 126 Å². The first kappa shape index (κ1) is 22.0. The van der Waals surface area contributed by atoms with Crippen molar-refractivity contribution in [3.05, 3.63) is 92.9 Å². The van der Waals surface area contributed by atoms with Crippen LogP contribution < -0.4 is 15.6 Å². The fourth-order valence-electron chi connectivity index (χ4n) is 3.99. The Morgan fingerprint density at radius 2 is 1.76 bits per heavy atom. The molecule has 8 heteroatoms. The van der Waals surface area contributed by atoms with E-state index in [4.69, 9.17) is 9.84 Å². The first-order valence-electron chi connectivity index (χ1n) is 10.4. The summed E-state index contributed by atoms with van der Waals surface area (Å²) >= 11 is 0. The molecule has 1 aromatic heterocycles. The van der Waals surface area contributed by atoms with Gasteiger partial charge in [0, 0.05) is 23.4 Å². The summed E-state index contributed by atoms with van der Waals surface area (Å²) in [7, 11) is 1.59. The number of Topliss-reactive ketones (excluding diaryl/α,β-unsaturated/α-hetero) is 1. The fourth-order valence-corrected chi connectivity index (χ4v) is 3.99. The molecule has 33 heavy (non-hydrogen) atoms. The number of carbonyl (C=O) groups is 3. The average Bonchev–Trinajstić information content (AvgIpc) is 2.79. The molecule has 1 heterocycles. The number of methoxy groups -OCH3 is 1. The van der Waals surface area contributed by atoms with E-state index in [1.54, 1.807) is 31.4 Å². The Hall–Kier alpha value is -4.20. The summed E-state index contributed by atoms with van der Waals surface area (Å²) in [5.74, 6) is -1.08. The van der Waals surface area contributed by atoms with Gasteiger partial charge in [-0.1, -0.05) is 24.3 Å². The van der Waals surface area contributed by atoms with E-state index < -0.39 is 17.4 Å². The molecule has 0 radical (unpaired) electrons. The molecule has 8 nitrogen and oxygen atoms in total. The number of pyridine rings is 1. The molecule has 1 atom stereocenters. The van der Waals surface area contributed by atoms with Crippen molar-refractivity contribution in [2.75, 3.05) is 12.4 Å². The van der Waals surface area contributed by atoms with Gasteiger partial charge in [-0.2, -0.15) is 0 Å². The molecule has 0 fully saturated rings. The lowest BCUT2D eigenvalue weighted by molar-refractivity contribution is -0.136. The van der Waals surface area contributed by atoms with Crippen LogP contribution in [0.3, 0.4) is 0 Å². The molecule has 0 aliphatic heterocycles. The second-order valence-electron chi connectivity index (χ2n) is 7.93. The Balaban J connectivity index is 1.53. The van der Waals surface area contributed by atoms with E-state index in [1.807, 2.05) is 24.3 Å². The van der Waals surface area contributed by atoms with Crippen LogP contribution in [0.25, 0.3) is 0 Å². The van der Waals surface area contributed by atoms with Crippen LogP contribution >= 0.6 is 0 Å². The van der Waals surface area contributed by atoms with Crippen LogP contribution in [0.4, 0.5) is 5.69 Å². The maximum atomic E-state index is 12.8. The van der Waals surface area contributed by atoms with Crippen molar-refractivity contribution in [1.82, 2.24) is 4.98 Å². The number of rotatable bonds is 6. The molecule has 1 aliphatic rings. The van der Waals surface area contributed by atoms with Crippen LogP contribution in [0.1, 0.15) is 49.9 Å². The number of hydrogen-bond donors (Lipinski definition) is 3. The molecule has 0 saturated heterocycles. The van der Waals surface area contributed by atoms with Gasteiger partial charge in [-0.15, -0.1) is 0 Å². The molecule has 1 aliphatic carbocycles. The van der Waals surface area contributed by atoms with Crippen molar-refractivity contribution in [2.24, 2.45) is 0 Å². The smallest absolute Gasteiger partial charge is 0.307 e. The molecule has 2 aromatic carbocycles. The molecule has 0 spiro atoms. The lowest BCUT2D eigenvalue weighted by Gasteiger charge is -2.24. The van der Waals surface area contributed by atoms with E-state index >= 15 is 0 Å². The molecule has 3 aromatic rings. The number of aromatic nitrogens is 1. The summed E-state index contributed by atoms with van der Waals surface area (Å²) in [4.78, 5) is 51.6. The molecule has 1 unspecified atom stereocenters. The van der Waals surface area contributed by atoms with Gasteiger partial charge in [0.2, 0.25) is 0 Å². The number of aromatic amines is 1. The zero-order valence-electron chi connectivity index (χ0n) is 17.9. The number of fused-ring (bicyclic) bond motifs is 1. The van der Waals surface area contributed by atoms with Crippen LogP contribution in [0, 0.1) is 0 Å². The van der Waals surface area contributed by atoms with Crippen molar-refractivity contribution in [2.45, 2.75) is 25.2 Å². The van der Waals surface area contributed by atoms with Gasteiger partial charge in [-0.3, -0.25) is 19.2 Å². The van der Waals surface area contributed by atoms with Crippen molar-refractivity contribution in [3.63, 3.8) is 0 Å². The Bertz CT molecular complexity index is 1280. The lowest BCUT2D eigenvalue weighted by atomic mass is 9.81. The van der Waals surface area contributed by atoms with Gasteiger partial charge >= 0.3 is 5.97 Å². The number of carboxylic acid groups (broad SMARTS) is 1. The van der Waals surface area contributed by atoms with Gasteiger partial charge in [0.25, 0.3) is 11.5 Å². The highest BCUT2D eigenvalue weighted by Crippen LogP contribution is 2.32. The number of aliphatic carboxylic acids is 1. The van der Waals surface area contributed by atoms with Gasteiger partial charge in [0.05, 0.1) is 13.5 Å². The van der Waals surface area contributed by atoms with Crippen LogP contribution in [-0.4, -0.2) is 34.9 Å². The van der Waals surface area contributed by atoms with E-state index in [1.165, 1.54) is 6.07 Å². The number of ether oxygens (including phenoxy) is 1. The molecule has 0 bridgehead atoms. The van der Waals surface area contributed by atoms with Gasteiger partial charge in [0.1, 0.15) is 11.3 Å². The summed E-state index contributed by atoms with van der Waals surface area (Å²) in [6, 6.07) is 15.1. The van der Waals surface area contributed by atoms with Crippen LogP contribution in [-0.2, 0) is 17.6 Å². The highest BCUT2D eigenvalue weighted by atomic mass is 16.5. The monoisotopic (exact) mass is 446 g/mol. The third-order valence-electron chi connectivity index (χ3n) is 5.70. The Labute approximate surface area is 189 Å². The highest BCUT2D eigenvalue weighted by molar-refractivity contribution is 6.06. The number of amides is 1. The van der Waals surface area contributed by atoms with Crippen molar-refractivity contribution >= 4 is 23.3 Å². The molecule has 168 valence electrons. The molecular weight excluding hydrogens is 424 g/mol. The third kappa shape index (κ3) is 4.85.